The Balaban J connectivity index is 2.03. The first-order valence-corrected chi connectivity index (χ1v) is 10.3. The minimum absolute atomic E-state index is 0.245. The summed E-state index contributed by atoms with van der Waals surface area (Å²) in [5, 5.41) is 4.67. The quantitative estimate of drug-likeness (QED) is 0.522. The molecule has 136 valence electrons. The van der Waals surface area contributed by atoms with Crippen molar-refractivity contribution in [3.8, 4) is 22.4 Å². The molecule has 0 unspecified atom stereocenters. The molecule has 0 saturated heterocycles. The Morgan fingerprint density at radius 3 is 2.26 bits per heavy atom. The number of nitrogens with zero attached hydrogens (tertiary/aromatic N) is 2. The van der Waals surface area contributed by atoms with Crippen molar-refractivity contribution < 1.29 is 12.8 Å². The molecule has 0 aliphatic carbocycles. The maximum Gasteiger partial charge on any atom is 0.175 e. The zero-order valence-corrected chi connectivity index (χ0v) is 15.4. The number of hydrogen-bond donors (Lipinski definition) is 0. The van der Waals surface area contributed by atoms with Gasteiger partial charge in [-0.05, 0) is 23.8 Å². The van der Waals surface area contributed by atoms with E-state index >= 15 is 0 Å². The average molecular weight is 380 g/mol. The van der Waals surface area contributed by atoms with Crippen LogP contribution in [0.3, 0.4) is 0 Å². The van der Waals surface area contributed by atoms with E-state index in [4.69, 9.17) is 0 Å². The van der Waals surface area contributed by atoms with Gasteiger partial charge < -0.3 is 0 Å². The lowest BCUT2D eigenvalue weighted by Gasteiger charge is -2.07. The van der Waals surface area contributed by atoms with Crippen molar-refractivity contribution in [3.05, 3.63) is 78.5 Å². The minimum atomic E-state index is -3.29. The summed E-state index contributed by atoms with van der Waals surface area (Å²) in [6.07, 6.45) is 2.96. The van der Waals surface area contributed by atoms with E-state index in [1.54, 1.807) is 47.1 Å². The highest BCUT2D eigenvalue weighted by Crippen LogP contribution is 2.37. The van der Waals surface area contributed by atoms with Gasteiger partial charge in [0.15, 0.2) is 9.84 Å². The monoisotopic (exact) mass is 380 g/mol. The predicted molar refractivity (Wildman–Crippen MR) is 104 cm³/mol. The van der Waals surface area contributed by atoms with Crippen LogP contribution in [-0.2, 0) is 16.5 Å². The first kappa shape index (κ1) is 17.4. The number of alkyl halides is 1. The largest absolute Gasteiger partial charge is 0.246 e. The second-order valence-electron chi connectivity index (χ2n) is 6.35. The Morgan fingerprint density at radius 1 is 0.926 bits per heavy atom. The summed E-state index contributed by atoms with van der Waals surface area (Å²) >= 11 is 0. The molecule has 0 aliphatic heterocycles. The molecule has 27 heavy (non-hydrogen) atoms. The standard InChI is InChI=1S/C21H17FN2O2S/c1-27(25,26)18-11-9-15(10-12-18)19-20(16-6-3-2-4-7-16)23-24-13-5-8-17(14-22)21(19)24/h2-13H,14H2,1H3. The van der Waals surface area contributed by atoms with Crippen LogP contribution in [0.2, 0.25) is 0 Å². The van der Waals surface area contributed by atoms with Crippen molar-refractivity contribution in [3.63, 3.8) is 0 Å². The summed E-state index contributed by atoms with van der Waals surface area (Å²) in [6.45, 7) is -0.612. The van der Waals surface area contributed by atoms with Gasteiger partial charge in [-0.3, -0.25) is 0 Å². The lowest BCUT2D eigenvalue weighted by molar-refractivity contribution is 0.486. The highest BCUT2D eigenvalue weighted by Gasteiger charge is 2.19. The van der Waals surface area contributed by atoms with Gasteiger partial charge in [-0.25, -0.2) is 17.3 Å². The fourth-order valence-electron chi connectivity index (χ4n) is 3.22. The second kappa shape index (κ2) is 6.63. The van der Waals surface area contributed by atoms with Gasteiger partial charge in [0.1, 0.15) is 12.4 Å². The summed E-state index contributed by atoms with van der Waals surface area (Å²) in [7, 11) is -3.29. The smallest absolute Gasteiger partial charge is 0.175 e. The predicted octanol–water partition coefficient (Wildman–Crippen LogP) is 4.54. The first-order valence-electron chi connectivity index (χ1n) is 8.41. The summed E-state index contributed by atoms with van der Waals surface area (Å²) in [4.78, 5) is 0.245. The van der Waals surface area contributed by atoms with Crippen molar-refractivity contribution in [1.29, 1.82) is 0 Å². The molecule has 4 aromatic rings. The Bertz CT molecular complexity index is 1210. The van der Waals surface area contributed by atoms with Gasteiger partial charge in [-0.2, -0.15) is 5.10 Å². The number of halogens is 1. The van der Waals surface area contributed by atoms with E-state index in [-0.39, 0.29) is 4.90 Å². The van der Waals surface area contributed by atoms with Gasteiger partial charge in [0.25, 0.3) is 0 Å². The normalized spacial score (nSPS) is 11.8. The van der Waals surface area contributed by atoms with Crippen LogP contribution in [0, 0.1) is 0 Å². The van der Waals surface area contributed by atoms with E-state index in [2.05, 4.69) is 5.10 Å². The molecule has 0 atom stereocenters. The van der Waals surface area contributed by atoms with Crippen LogP contribution in [0.15, 0.2) is 77.8 Å². The van der Waals surface area contributed by atoms with Gasteiger partial charge in [-0.1, -0.05) is 48.5 Å². The molecule has 4 rings (SSSR count). The topological polar surface area (TPSA) is 51.4 Å². The van der Waals surface area contributed by atoms with Crippen molar-refractivity contribution in [2.45, 2.75) is 11.6 Å². The van der Waals surface area contributed by atoms with E-state index in [0.717, 1.165) is 22.4 Å². The Morgan fingerprint density at radius 2 is 1.63 bits per heavy atom. The van der Waals surface area contributed by atoms with E-state index in [0.29, 0.717) is 11.1 Å². The second-order valence-corrected chi connectivity index (χ2v) is 8.36. The molecular weight excluding hydrogens is 363 g/mol. The Hall–Kier alpha value is -2.99. The maximum absolute atomic E-state index is 13.7. The number of benzene rings is 2. The van der Waals surface area contributed by atoms with E-state index < -0.39 is 16.5 Å². The van der Waals surface area contributed by atoms with Crippen LogP contribution in [0.25, 0.3) is 27.9 Å². The van der Waals surface area contributed by atoms with Crippen LogP contribution in [0.1, 0.15) is 5.56 Å². The van der Waals surface area contributed by atoms with Crippen molar-refractivity contribution in [1.82, 2.24) is 9.61 Å². The van der Waals surface area contributed by atoms with Crippen LogP contribution in [-0.4, -0.2) is 24.3 Å². The van der Waals surface area contributed by atoms with Crippen LogP contribution in [0.4, 0.5) is 4.39 Å². The minimum Gasteiger partial charge on any atom is -0.246 e. The molecule has 2 aromatic heterocycles. The number of fused-ring (bicyclic) bond motifs is 1. The van der Waals surface area contributed by atoms with E-state index in [1.165, 1.54) is 6.26 Å². The SMILES string of the molecule is CS(=O)(=O)c1ccc(-c2c(-c3ccccc3)nn3cccc(CF)c23)cc1. The molecule has 0 radical (unpaired) electrons. The third-order valence-electron chi connectivity index (χ3n) is 4.50. The number of pyridine rings is 1. The van der Waals surface area contributed by atoms with E-state index in [9.17, 15) is 12.8 Å². The molecule has 2 heterocycles. The molecule has 6 heteroatoms. The third kappa shape index (κ3) is 3.13. The number of rotatable bonds is 4. The van der Waals surface area contributed by atoms with Gasteiger partial charge >= 0.3 is 0 Å². The molecule has 0 N–H and O–H groups in total. The van der Waals surface area contributed by atoms with Crippen molar-refractivity contribution >= 4 is 15.4 Å². The third-order valence-corrected chi connectivity index (χ3v) is 5.63. The van der Waals surface area contributed by atoms with Crippen LogP contribution < -0.4 is 0 Å². The first-order chi connectivity index (χ1) is 13.0. The van der Waals surface area contributed by atoms with Gasteiger partial charge in [0.2, 0.25) is 0 Å². The highest BCUT2D eigenvalue weighted by molar-refractivity contribution is 7.90. The molecule has 0 spiro atoms. The fraction of sp³-hybridized carbons (Fsp3) is 0.0952. The Labute approximate surface area is 156 Å². The van der Waals surface area contributed by atoms with Crippen molar-refractivity contribution in [2.24, 2.45) is 0 Å². The molecule has 0 aliphatic rings. The van der Waals surface area contributed by atoms with Crippen molar-refractivity contribution in [2.75, 3.05) is 6.26 Å². The summed E-state index contributed by atoms with van der Waals surface area (Å²) in [5.41, 5.74) is 4.43. The maximum atomic E-state index is 13.7. The molecule has 2 aromatic carbocycles. The van der Waals surface area contributed by atoms with Gasteiger partial charge in [0.05, 0.1) is 10.4 Å². The summed E-state index contributed by atoms with van der Waals surface area (Å²) in [5.74, 6) is 0. The molecular formula is C21H17FN2O2S. The molecule has 0 saturated carbocycles. The fourth-order valence-corrected chi connectivity index (χ4v) is 3.85. The zero-order chi connectivity index (χ0) is 19.0. The lowest BCUT2D eigenvalue weighted by atomic mass is 9.98. The zero-order valence-electron chi connectivity index (χ0n) is 14.6. The molecule has 0 bridgehead atoms. The van der Waals surface area contributed by atoms with E-state index in [1.807, 2.05) is 30.3 Å². The van der Waals surface area contributed by atoms with Crippen LogP contribution >= 0.6 is 0 Å². The number of hydrogen-bond acceptors (Lipinski definition) is 3. The number of sulfone groups is 1. The Kier molecular flexibility index (Phi) is 4.28. The molecule has 0 amide bonds. The summed E-state index contributed by atoms with van der Waals surface area (Å²) in [6, 6.07) is 19.8. The molecule has 4 nitrogen and oxygen atoms in total. The van der Waals surface area contributed by atoms with Gasteiger partial charge in [-0.15, -0.1) is 0 Å². The highest BCUT2D eigenvalue weighted by atomic mass is 32.2. The average Bonchev–Trinajstić information content (AvgIpc) is 3.08. The van der Waals surface area contributed by atoms with Gasteiger partial charge in [0, 0.05) is 29.1 Å². The van der Waals surface area contributed by atoms with Crippen LogP contribution in [0.5, 0.6) is 0 Å². The number of aromatic nitrogens is 2. The molecule has 0 fully saturated rings. The summed E-state index contributed by atoms with van der Waals surface area (Å²) < 4.78 is 38.9. The lowest BCUT2D eigenvalue weighted by Crippen LogP contribution is -1.96.